The highest BCUT2D eigenvalue weighted by atomic mass is 16.6. The fraction of sp³-hybridized carbons (Fsp3) is 0.317. The Morgan fingerprint density at radius 2 is 1.34 bits per heavy atom. The number of imide groups is 2. The molecule has 5 amide bonds. The standard InChI is InChI=1S/C41H42N6O9/c48-37-14-13-36(39(50)44-37)47-40(51)34-12-11-33(26-35(34)41(47)52)56-25-23-54-21-20-53-22-24-55-32-9-3-28(4-10-32)38(49)43-29-5-7-30(8-6-29)45-16-18-46(19-17-45)31-2-1-15-42-27-31/h1-12,15,26-27,36H,13-14,16-25H2,(H,43,49)(H,44,48,50). The van der Waals surface area contributed by atoms with E-state index >= 15 is 0 Å². The smallest absolute Gasteiger partial charge is 0.262 e. The third-order valence-corrected chi connectivity index (χ3v) is 9.67. The summed E-state index contributed by atoms with van der Waals surface area (Å²) in [6.07, 6.45) is 3.83. The molecule has 4 aromatic rings. The van der Waals surface area contributed by atoms with Crippen molar-refractivity contribution in [1.29, 1.82) is 0 Å². The number of pyridine rings is 1. The molecular weight excluding hydrogens is 720 g/mol. The number of rotatable bonds is 16. The van der Waals surface area contributed by atoms with Crippen molar-refractivity contribution in [1.82, 2.24) is 15.2 Å². The van der Waals surface area contributed by atoms with Crippen LogP contribution in [0.3, 0.4) is 0 Å². The van der Waals surface area contributed by atoms with Crippen LogP contribution in [0.4, 0.5) is 17.1 Å². The first-order valence-corrected chi connectivity index (χ1v) is 18.5. The van der Waals surface area contributed by atoms with Crippen LogP contribution >= 0.6 is 0 Å². The van der Waals surface area contributed by atoms with Crippen molar-refractivity contribution in [3.8, 4) is 11.5 Å². The number of nitrogens with zero attached hydrogens (tertiary/aromatic N) is 4. The van der Waals surface area contributed by atoms with Gasteiger partial charge in [-0.2, -0.15) is 0 Å². The van der Waals surface area contributed by atoms with Gasteiger partial charge in [0, 0.05) is 55.7 Å². The molecule has 4 heterocycles. The first-order chi connectivity index (χ1) is 27.3. The lowest BCUT2D eigenvalue weighted by molar-refractivity contribution is -0.136. The van der Waals surface area contributed by atoms with Gasteiger partial charge in [-0.25, -0.2) is 0 Å². The van der Waals surface area contributed by atoms with Crippen molar-refractivity contribution in [2.75, 3.05) is 80.9 Å². The molecule has 0 radical (unpaired) electrons. The molecule has 0 aliphatic carbocycles. The Balaban J connectivity index is 0.740. The van der Waals surface area contributed by atoms with Crippen molar-refractivity contribution in [2.24, 2.45) is 0 Å². The average molecular weight is 763 g/mol. The maximum absolute atomic E-state index is 13.0. The van der Waals surface area contributed by atoms with Crippen LogP contribution in [0, 0.1) is 0 Å². The maximum Gasteiger partial charge on any atom is 0.262 e. The van der Waals surface area contributed by atoms with Gasteiger partial charge in [-0.3, -0.25) is 39.2 Å². The Hall–Kier alpha value is -6.32. The van der Waals surface area contributed by atoms with E-state index in [9.17, 15) is 24.0 Å². The second kappa shape index (κ2) is 17.9. The van der Waals surface area contributed by atoms with E-state index in [1.54, 1.807) is 36.5 Å². The fourth-order valence-electron chi connectivity index (χ4n) is 6.72. The van der Waals surface area contributed by atoms with Gasteiger partial charge < -0.3 is 34.1 Å². The van der Waals surface area contributed by atoms with E-state index in [1.807, 2.05) is 36.5 Å². The Labute approximate surface area is 323 Å². The Morgan fingerprint density at radius 3 is 2.00 bits per heavy atom. The molecule has 0 saturated carbocycles. The number of hydrogen-bond donors (Lipinski definition) is 2. The minimum absolute atomic E-state index is 0.0557. The lowest BCUT2D eigenvalue weighted by atomic mass is 10.0. The van der Waals surface area contributed by atoms with Gasteiger partial charge in [0.15, 0.2) is 0 Å². The molecule has 1 aromatic heterocycles. The first-order valence-electron chi connectivity index (χ1n) is 18.5. The number of carbonyl (C=O) groups is 5. The number of piperidine rings is 1. The molecule has 0 bridgehead atoms. The summed E-state index contributed by atoms with van der Waals surface area (Å²) in [7, 11) is 0. The minimum Gasteiger partial charge on any atom is -0.491 e. The molecule has 2 fully saturated rings. The molecule has 15 heteroatoms. The lowest BCUT2D eigenvalue weighted by Gasteiger charge is -2.37. The van der Waals surface area contributed by atoms with Gasteiger partial charge in [0.25, 0.3) is 17.7 Å². The van der Waals surface area contributed by atoms with Gasteiger partial charge in [0.1, 0.15) is 30.8 Å². The molecule has 3 aliphatic rings. The SMILES string of the molecule is O=C1CCC(N2C(=O)c3ccc(OCCOCCOCCOc4ccc(C(=O)Nc5ccc(N6CCN(c7cccnc7)CC6)cc5)cc4)cc3C2=O)C(=O)N1. The van der Waals surface area contributed by atoms with Gasteiger partial charge >= 0.3 is 0 Å². The molecule has 1 unspecified atom stereocenters. The number of carbonyl (C=O) groups excluding carboxylic acids is 5. The van der Waals surface area contributed by atoms with Crippen LogP contribution in [0.1, 0.15) is 43.9 Å². The Morgan fingerprint density at radius 1 is 0.714 bits per heavy atom. The quantitative estimate of drug-likeness (QED) is 0.126. The van der Waals surface area contributed by atoms with Crippen molar-refractivity contribution >= 4 is 46.6 Å². The van der Waals surface area contributed by atoms with E-state index in [1.165, 1.54) is 12.1 Å². The summed E-state index contributed by atoms with van der Waals surface area (Å²) in [5.41, 5.74) is 3.83. The van der Waals surface area contributed by atoms with E-state index in [4.69, 9.17) is 18.9 Å². The number of ether oxygens (including phenoxy) is 4. The number of aromatic nitrogens is 1. The normalized spacial score (nSPS) is 16.8. The second-order valence-corrected chi connectivity index (χ2v) is 13.3. The van der Waals surface area contributed by atoms with E-state index < -0.39 is 29.7 Å². The van der Waals surface area contributed by atoms with Crippen molar-refractivity contribution in [3.05, 3.63) is 108 Å². The number of fused-ring (bicyclic) bond motifs is 1. The molecule has 7 rings (SSSR count). The number of anilines is 3. The summed E-state index contributed by atoms with van der Waals surface area (Å²) >= 11 is 0. The summed E-state index contributed by atoms with van der Waals surface area (Å²) in [5, 5.41) is 5.14. The lowest BCUT2D eigenvalue weighted by Crippen LogP contribution is -2.54. The predicted octanol–water partition coefficient (Wildman–Crippen LogP) is 3.55. The average Bonchev–Trinajstić information content (AvgIpc) is 3.47. The number of hydrogen-bond acceptors (Lipinski definition) is 12. The van der Waals surface area contributed by atoms with Crippen molar-refractivity contribution in [2.45, 2.75) is 18.9 Å². The van der Waals surface area contributed by atoms with Crippen LogP contribution in [-0.2, 0) is 19.1 Å². The van der Waals surface area contributed by atoms with Crippen LogP contribution in [0.15, 0.2) is 91.3 Å². The molecule has 15 nitrogen and oxygen atoms in total. The van der Waals surface area contributed by atoms with Gasteiger partial charge in [-0.05, 0) is 85.3 Å². The van der Waals surface area contributed by atoms with Crippen LogP contribution in [-0.4, -0.2) is 111 Å². The van der Waals surface area contributed by atoms with E-state index in [-0.39, 0.29) is 43.1 Å². The second-order valence-electron chi connectivity index (χ2n) is 13.3. The van der Waals surface area contributed by atoms with Crippen LogP contribution in [0.5, 0.6) is 11.5 Å². The molecule has 0 spiro atoms. The zero-order valence-corrected chi connectivity index (χ0v) is 30.7. The van der Waals surface area contributed by atoms with Crippen LogP contribution in [0.25, 0.3) is 0 Å². The number of amides is 5. The highest BCUT2D eigenvalue weighted by Crippen LogP contribution is 2.30. The summed E-state index contributed by atoms with van der Waals surface area (Å²) in [6, 6.07) is 22.4. The van der Waals surface area contributed by atoms with E-state index in [0.717, 1.165) is 48.1 Å². The highest BCUT2D eigenvalue weighted by molar-refractivity contribution is 6.23. The number of benzene rings is 3. The van der Waals surface area contributed by atoms with Gasteiger partial charge in [0.2, 0.25) is 11.8 Å². The Bertz CT molecular complexity index is 2040. The molecule has 1 atom stereocenters. The molecule has 3 aromatic carbocycles. The summed E-state index contributed by atoms with van der Waals surface area (Å²) in [5.74, 6) is -1.45. The van der Waals surface area contributed by atoms with Crippen molar-refractivity contribution in [3.63, 3.8) is 0 Å². The third kappa shape index (κ3) is 9.13. The summed E-state index contributed by atoms with van der Waals surface area (Å²) < 4.78 is 22.6. The monoisotopic (exact) mass is 762 g/mol. The number of piperazine rings is 1. The minimum atomic E-state index is -1.02. The molecule has 56 heavy (non-hydrogen) atoms. The van der Waals surface area contributed by atoms with Crippen molar-refractivity contribution < 1.29 is 42.9 Å². The van der Waals surface area contributed by atoms with E-state index in [0.29, 0.717) is 43.5 Å². The highest BCUT2D eigenvalue weighted by Gasteiger charge is 2.44. The molecule has 2 N–H and O–H groups in total. The van der Waals surface area contributed by atoms with Crippen LogP contribution in [0.2, 0.25) is 0 Å². The molecule has 290 valence electrons. The summed E-state index contributed by atoms with van der Waals surface area (Å²) in [6.45, 7) is 5.45. The largest absolute Gasteiger partial charge is 0.491 e. The fourth-order valence-corrected chi connectivity index (χ4v) is 6.72. The van der Waals surface area contributed by atoms with Gasteiger partial charge in [-0.15, -0.1) is 0 Å². The zero-order chi connectivity index (χ0) is 38.9. The number of nitrogens with one attached hydrogen (secondary N) is 2. The molecular formula is C41H42N6O9. The Kier molecular flexibility index (Phi) is 12.1. The first kappa shape index (κ1) is 38.0. The van der Waals surface area contributed by atoms with E-state index in [2.05, 4.69) is 31.5 Å². The van der Waals surface area contributed by atoms with Crippen LogP contribution < -0.4 is 29.9 Å². The summed E-state index contributed by atoms with van der Waals surface area (Å²) in [4.78, 5) is 72.2. The van der Waals surface area contributed by atoms with Gasteiger partial charge in [0.05, 0.1) is 49.4 Å². The zero-order valence-electron chi connectivity index (χ0n) is 30.7. The molecule has 3 aliphatic heterocycles. The van der Waals surface area contributed by atoms with Gasteiger partial charge in [-0.1, -0.05) is 0 Å². The third-order valence-electron chi connectivity index (χ3n) is 9.67. The predicted molar refractivity (Wildman–Crippen MR) is 205 cm³/mol. The molecule has 2 saturated heterocycles. The topological polar surface area (TPSA) is 169 Å². The maximum atomic E-state index is 13.0.